The van der Waals surface area contributed by atoms with Crippen LogP contribution in [0.15, 0.2) is 42.5 Å². The molecular formula is C15H10F4N2O3. The first-order chi connectivity index (χ1) is 11.2. The van der Waals surface area contributed by atoms with Crippen LogP contribution in [0.1, 0.15) is 15.9 Å². The standard InChI is InChI=1S/C15H10F4N2O3/c16-10-2-4-11(5-3-10)20-14(22)13-7-12(21(23)24)6-1-9(13)8-15(17,18)19/h1-7H,8H2,(H,20,22). The Morgan fingerprint density at radius 3 is 2.29 bits per heavy atom. The summed E-state index contributed by atoms with van der Waals surface area (Å²) in [5, 5.41) is 13.1. The normalized spacial score (nSPS) is 11.2. The lowest BCUT2D eigenvalue weighted by Gasteiger charge is -2.12. The van der Waals surface area contributed by atoms with Crippen molar-refractivity contribution in [1.29, 1.82) is 0 Å². The molecule has 0 aliphatic carbocycles. The number of benzene rings is 2. The number of amides is 1. The molecule has 0 aliphatic heterocycles. The number of nitro groups is 1. The van der Waals surface area contributed by atoms with Crippen LogP contribution in [0, 0.1) is 15.9 Å². The number of rotatable bonds is 4. The molecule has 1 N–H and O–H groups in total. The van der Waals surface area contributed by atoms with Crippen molar-refractivity contribution in [2.45, 2.75) is 12.6 Å². The van der Waals surface area contributed by atoms with Gasteiger partial charge in [-0.25, -0.2) is 4.39 Å². The largest absolute Gasteiger partial charge is 0.393 e. The van der Waals surface area contributed by atoms with Crippen LogP contribution in [0.4, 0.5) is 28.9 Å². The number of non-ortho nitro benzene ring substituents is 1. The predicted octanol–water partition coefficient (Wildman–Crippen LogP) is 4.09. The number of carbonyl (C=O) groups excluding carboxylic acids is 1. The summed E-state index contributed by atoms with van der Waals surface area (Å²) < 4.78 is 50.6. The number of anilines is 1. The van der Waals surface area contributed by atoms with Crippen LogP contribution in [0.2, 0.25) is 0 Å². The van der Waals surface area contributed by atoms with Crippen LogP contribution in [0.3, 0.4) is 0 Å². The van der Waals surface area contributed by atoms with Gasteiger partial charge in [-0.1, -0.05) is 6.07 Å². The quantitative estimate of drug-likeness (QED) is 0.517. The second-order valence-corrected chi connectivity index (χ2v) is 4.85. The zero-order valence-corrected chi connectivity index (χ0v) is 11.9. The summed E-state index contributed by atoms with van der Waals surface area (Å²) in [6.45, 7) is 0. The van der Waals surface area contributed by atoms with Crippen molar-refractivity contribution in [2.24, 2.45) is 0 Å². The highest BCUT2D eigenvalue weighted by Gasteiger charge is 2.30. The molecule has 9 heteroatoms. The Balaban J connectivity index is 2.36. The van der Waals surface area contributed by atoms with Gasteiger partial charge in [0.2, 0.25) is 0 Å². The molecule has 0 fully saturated rings. The Labute approximate surface area is 133 Å². The molecule has 0 unspecified atom stereocenters. The third kappa shape index (κ3) is 4.51. The highest BCUT2D eigenvalue weighted by Crippen LogP contribution is 2.26. The number of nitrogens with one attached hydrogen (secondary N) is 1. The molecule has 0 spiro atoms. The van der Waals surface area contributed by atoms with Gasteiger partial charge in [-0.05, 0) is 29.8 Å². The molecule has 0 atom stereocenters. The monoisotopic (exact) mass is 342 g/mol. The molecule has 0 bridgehead atoms. The van der Waals surface area contributed by atoms with E-state index < -0.39 is 46.1 Å². The maximum absolute atomic E-state index is 12.8. The number of alkyl halides is 3. The Morgan fingerprint density at radius 1 is 1.12 bits per heavy atom. The van der Waals surface area contributed by atoms with E-state index in [9.17, 15) is 32.5 Å². The Morgan fingerprint density at radius 2 is 1.75 bits per heavy atom. The topological polar surface area (TPSA) is 72.2 Å². The van der Waals surface area contributed by atoms with E-state index in [1.54, 1.807) is 0 Å². The molecule has 0 saturated heterocycles. The summed E-state index contributed by atoms with van der Waals surface area (Å²) in [6, 6.07) is 7.11. The van der Waals surface area contributed by atoms with E-state index in [0.717, 1.165) is 30.3 Å². The van der Waals surface area contributed by atoms with Crippen molar-refractivity contribution in [1.82, 2.24) is 0 Å². The number of nitrogens with zero attached hydrogens (tertiary/aromatic N) is 1. The molecule has 0 aromatic heterocycles. The molecule has 24 heavy (non-hydrogen) atoms. The molecule has 2 aromatic carbocycles. The molecular weight excluding hydrogens is 332 g/mol. The molecule has 0 radical (unpaired) electrons. The summed E-state index contributed by atoms with van der Waals surface area (Å²) >= 11 is 0. The maximum atomic E-state index is 12.8. The van der Waals surface area contributed by atoms with Gasteiger partial charge in [0, 0.05) is 17.8 Å². The lowest BCUT2D eigenvalue weighted by molar-refractivity contribution is -0.384. The average molecular weight is 342 g/mol. The molecule has 2 rings (SSSR count). The fourth-order valence-corrected chi connectivity index (χ4v) is 1.99. The summed E-state index contributed by atoms with van der Waals surface area (Å²) in [7, 11) is 0. The zero-order valence-electron chi connectivity index (χ0n) is 11.9. The summed E-state index contributed by atoms with van der Waals surface area (Å²) in [4.78, 5) is 22.2. The Kier molecular flexibility index (Phi) is 4.82. The van der Waals surface area contributed by atoms with Crippen molar-refractivity contribution in [2.75, 3.05) is 5.32 Å². The number of halogens is 4. The molecule has 2 aromatic rings. The third-order valence-electron chi connectivity index (χ3n) is 3.04. The molecule has 0 aliphatic rings. The summed E-state index contributed by atoms with van der Waals surface area (Å²) in [5.74, 6) is -1.51. The number of nitro benzene ring substituents is 1. The van der Waals surface area contributed by atoms with Gasteiger partial charge >= 0.3 is 6.18 Å². The van der Waals surface area contributed by atoms with Gasteiger partial charge in [0.25, 0.3) is 11.6 Å². The lowest BCUT2D eigenvalue weighted by Crippen LogP contribution is -2.19. The second-order valence-electron chi connectivity index (χ2n) is 4.85. The first kappa shape index (κ1) is 17.4. The van der Waals surface area contributed by atoms with Gasteiger partial charge in [-0.3, -0.25) is 14.9 Å². The van der Waals surface area contributed by atoms with Crippen molar-refractivity contribution in [3.63, 3.8) is 0 Å². The van der Waals surface area contributed by atoms with Crippen LogP contribution >= 0.6 is 0 Å². The van der Waals surface area contributed by atoms with E-state index in [1.807, 2.05) is 0 Å². The van der Waals surface area contributed by atoms with Crippen molar-refractivity contribution < 1.29 is 27.3 Å². The second kappa shape index (κ2) is 6.65. The van der Waals surface area contributed by atoms with Crippen molar-refractivity contribution in [3.8, 4) is 0 Å². The molecule has 1 amide bonds. The Hall–Kier alpha value is -2.97. The van der Waals surface area contributed by atoms with Crippen LogP contribution < -0.4 is 5.32 Å². The smallest absolute Gasteiger partial charge is 0.322 e. The molecule has 126 valence electrons. The number of carbonyl (C=O) groups is 1. The highest BCUT2D eigenvalue weighted by atomic mass is 19.4. The SMILES string of the molecule is O=C(Nc1ccc(F)cc1)c1cc([N+](=O)[O-])ccc1CC(F)(F)F. The molecule has 0 saturated carbocycles. The van der Waals surface area contributed by atoms with E-state index in [-0.39, 0.29) is 5.69 Å². The zero-order chi connectivity index (χ0) is 17.9. The van der Waals surface area contributed by atoms with Gasteiger partial charge in [-0.15, -0.1) is 0 Å². The number of hydrogen-bond donors (Lipinski definition) is 1. The van der Waals surface area contributed by atoms with Gasteiger partial charge in [-0.2, -0.15) is 13.2 Å². The van der Waals surface area contributed by atoms with Gasteiger partial charge in [0.15, 0.2) is 0 Å². The Bertz CT molecular complexity index is 773. The van der Waals surface area contributed by atoms with E-state index in [0.29, 0.717) is 0 Å². The van der Waals surface area contributed by atoms with Crippen LogP contribution in [-0.2, 0) is 6.42 Å². The number of hydrogen-bond acceptors (Lipinski definition) is 3. The van der Waals surface area contributed by atoms with E-state index in [4.69, 9.17) is 0 Å². The van der Waals surface area contributed by atoms with E-state index in [1.165, 1.54) is 12.1 Å². The van der Waals surface area contributed by atoms with Crippen LogP contribution in [0.5, 0.6) is 0 Å². The minimum atomic E-state index is -4.58. The third-order valence-corrected chi connectivity index (χ3v) is 3.04. The molecule has 5 nitrogen and oxygen atoms in total. The highest BCUT2D eigenvalue weighted by molar-refractivity contribution is 6.05. The van der Waals surface area contributed by atoms with Crippen LogP contribution in [-0.4, -0.2) is 17.0 Å². The van der Waals surface area contributed by atoms with E-state index in [2.05, 4.69) is 5.32 Å². The van der Waals surface area contributed by atoms with Gasteiger partial charge < -0.3 is 5.32 Å². The average Bonchev–Trinajstić information content (AvgIpc) is 2.48. The fourth-order valence-electron chi connectivity index (χ4n) is 1.99. The molecule has 0 heterocycles. The maximum Gasteiger partial charge on any atom is 0.393 e. The summed E-state index contributed by atoms with van der Waals surface area (Å²) in [6.07, 6.45) is -5.99. The van der Waals surface area contributed by atoms with E-state index >= 15 is 0 Å². The van der Waals surface area contributed by atoms with Crippen LogP contribution in [0.25, 0.3) is 0 Å². The van der Waals surface area contributed by atoms with Crippen molar-refractivity contribution >= 4 is 17.3 Å². The lowest BCUT2D eigenvalue weighted by atomic mass is 10.0. The summed E-state index contributed by atoms with van der Waals surface area (Å²) in [5.41, 5.74) is -1.23. The minimum Gasteiger partial charge on any atom is -0.322 e. The van der Waals surface area contributed by atoms with Crippen molar-refractivity contribution in [3.05, 3.63) is 69.5 Å². The first-order valence-electron chi connectivity index (χ1n) is 6.57. The van der Waals surface area contributed by atoms with Gasteiger partial charge in [0.1, 0.15) is 5.82 Å². The minimum absolute atomic E-state index is 0.144. The van der Waals surface area contributed by atoms with Gasteiger partial charge in [0.05, 0.1) is 16.9 Å². The fraction of sp³-hybridized carbons (Fsp3) is 0.133. The first-order valence-corrected chi connectivity index (χ1v) is 6.57. The predicted molar refractivity (Wildman–Crippen MR) is 77.2 cm³/mol.